The molecule has 3 rings (SSSR count). The molecule has 0 aromatic heterocycles. The van der Waals surface area contributed by atoms with Gasteiger partial charge in [0.25, 0.3) is 0 Å². The topological polar surface area (TPSA) is 50.4 Å². The van der Waals surface area contributed by atoms with E-state index in [0.717, 1.165) is 37.1 Å². The first kappa shape index (κ1) is 16.7. The fourth-order valence-corrected chi connectivity index (χ4v) is 3.01. The highest BCUT2D eigenvalue weighted by Crippen LogP contribution is 2.21. The van der Waals surface area contributed by atoms with Gasteiger partial charge in [-0.05, 0) is 24.0 Å². The van der Waals surface area contributed by atoms with Crippen LogP contribution in [0.5, 0.6) is 0 Å². The van der Waals surface area contributed by atoms with Crippen LogP contribution in [0, 0.1) is 0 Å². The summed E-state index contributed by atoms with van der Waals surface area (Å²) in [4.78, 5) is 12.4. The van der Waals surface area contributed by atoms with Crippen LogP contribution < -0.4 is 10.6 Å². The van der Waals surface area contributed by atoms with E-state index in [2.05, 4.69) is 10.6 Å². The fraction of sp³-hybridized carbons (Fsp3) is 0.350. The predicted molar refractivity (Wildman–Crippen MR) is 94.7 cm³/mol. The van der Waals surface area contributed by atoms with E-state index < -0.39 is 0 Å². The first-order chi connectivity index (χ1) is 11.8. The fourth-order valence-electron chi connectivity index (χ4n) is 3.01. The molecule has 2 aromatic rings. The van der Waals surface area contributed by atoms with Crippen molar-refractivity contribution in [1.82, 2.24) is 10.6 Å². The molecule has 1 aliphatic rings. The highest BCUT2D eigenvalue weighted by molar-refractivity contribution is 5.79. The van der Waals surface area contributed by atoms with Gasteiger partial charge >= 0.3 is 0 Å². The molecule has 1 fully saturated rings. The number of ether oxygens (including phenoxy) is 1. The number of rotatable bonds is 7. The van der Waals surface area contributed by atoms with Crippen molar-refractivity contribution in [1.29, 1.82) is 0 Å². The van der Waals surface area contributed by atoms with Gasteiger partial charge in [-0.3, -0.25) is 4.79 Å². The van der Waals surface area contributed by atoms with Crippen LogP contribution in [-0.2, 0) is 9.53 Å². The molecule has 4 nitrogen and oxygen atoms in total. The molecule has 1 amide bonds. The lowest BCUT2D eigenvalue weighted by atomic mass is 9.99. The molecule has 4 heteroatoms. The molecule has 0 radical (unpaired) electrons. The third-order valence-corrected chi connectivity index (χ3v) is 4.25. The second-order valence-electron chi connectivity index (χ2n) is 6.09. The Kier molecular flexibility index (Phi) is 5.99. The van der Waals surface area contributed by atoms with Crippen molar-refractivity contribution in [3.8, 4) is 0 Å². The van der Waals surface area contributed by atoms with Crippen LogP contribution >= 0.6 is 0 Å². The van der Waals surface area contributed by atoms with Gasteiger partial charge in [0, 0.05) is 13.2 Å². The molecule has 0 saturated carbocycles. The van der Waals surface area contributed by atoms with Crippen molar-refractivity contribution in [3.05, 3.63) is 71.8 Å². The summed E-state index contributed by atoms with van der Waals surface area (Å²) >= 11 is 0. The Morgan fingerprint density at radius 2 is 1.67 bits per heavy atom. The summed E-state index contributed by atoms with van der Waals surface area (Å²) in [6.45, 7) is 1.87. The monoisotopic (exact) mass is 324 g/mol. The minimum Gasteiger partial charge on any atom is -0.377 e. The second-order valence-corrected chi connectivity index (χ2v) is 6.09. The molecule has 1 saturated heterocycles. The summed E-state index contributed by atoms with van der Waals surface area (Å²) in [6, 6.07) is 20.0. The molecule has 1 atom stereocenters. The van der Waals surface area contributed by atoms with Gasteiger partial charge in [0.1, 0.15) is 0 Å². The van der Waals surface area contributed by atoms with E-state index in [0.29, 0.717) is 6.54 Å². The standard InChI is InChI=1S/C20H24N2O2/c23-19(15-21-14-18-12-7-13-24-18)22-20(16-8-3-1-4-9-16)17-10-5-2-6-11-17/h1-6,8-11,18,20-21H,7,12-15H2,(H,22,23). The van der Waals surface area contributed by atoms with E-state index in [1.165, 1.54) is 0 Å². The van der Waals surface area contributed by atoms with Gasteiger partial charge in [-0.1, -0.05) is 60.7 Å². The van der Waals surface area contributed by atoms with E-state index in [4.69, 9.17) is 4.74 Å². The first-order valence-corrected chi connectivity index (χ1v) is 8.54. The van der Waals surface area contributed by atoms with Crippen LogP contribution in [0.3, 0.4) is 0 Å². The first-order valence-electron chi connectivity index (χ1n) is 8.54. The van der Waals surface area contributed by atoms with Crippen LogP contribution in [0.2, 0.25) is 0 Å². The molecule has 24 heavy (non-hydrogen) atoms. The van der Waals surface area contributed by atoms with Crippen LogP contribution in [0.4, 0.5) is 0 Å². The molecular weight excluding hydrogens is 300 g/mol. The number of hydrogen-bond acceptors (Lipinski definition) is 3. The number of carbonyl (C=O) groups excluding carboxylic acids is 1. The Morgan fingerprint density at radius 1 is 1.04 bits per heavy atom. The van der Waals surface area contributed by atoms with Crippen molar-refractivity contribution >= 4 is 5.91 Å². The van der Waals surface area contributed by atoms with Crippen molar-refractivity contribution < 1.29 is 9.53 Å². The van der Waals surface area contributed by atoms with Gasteiger partial charge < -0.3 is 15.4 Å². The van der Waals surface area contributed by atoms with Crippen molar-refractivity contribution in [2.45, 2.75) is 25.0 Å². The molecule has 2 N–H and O–H groups in total. The average Bonchev–Trinajstić information content (AvgIpc) is 3.15. The number of nitrogens with one attached hydrogen (secondary N) is 2. The Morgan fingerprint density at radius 3 is 2.21 bits per heavy atom. The molecule has 1 aliphatic heterocycles. The van der Waals surface area contributed by atoms with Gasteiger partial charge in [-0.25, -0.2) is 0 Å². The smallest absolute Gasteiger partial charge is 0.234 e. The number of carbonyl (C=O) groups is 1. The predicted octanol–water partition coefficient (Wildman–Crippen LogP) is 2.66. The lowest BCUT2D eigenvalue weighted by molar-refractivity contribution is -0.120. The molecule has 126 valence electrons. The third kappa shape index (κ3) is 4.66. The number of benzene rings is 2. The molecule has 2 aromatic carbocycles. The molecular formula is C20H24N2O2. The molecule has 0 bridgehead atoms. The average molecular weight is 324 g/mol. The van der Waals surface area contributed by atoms with E-state index >= 15 is 0 Å². The van der Waals surface area contributed by atoms with Gasteiger partial charge in [0.15, 0.2) is 0 Å². The second kappa shape index (κ2) is 8.62. The highest BCUT2D eigenvalue weighted by atomic mass is 16.5. The zero-order valence-electron chi connectivity index (χ0n) is 13.8. The third-order valence-electron chi connectivity index (χ3n) is 4.25. The number of amides is 1. The molecule has 0 spiro atoms. The summed E-state index contributed by atoms with van der Waals surface area (Å²) in [5, 5.41) is 6.33. The lowest BCUT2D eigenvalue weighted by Crippen LogP contribution is -2.39. The Hall–Kier alpha value is -2.17. The normalized spacial score (nSPS) is 17.1. The Balaban J connectivity index is 1.60. The Bertz CT molecular complexity index is 585. The maximum absolute atomic E-state index is 12.4. The minimum atomic E-state index is -0.135. The van der Waals surface area contributed by atoms with Gasteiger partial charge in [0.05, 0.1) is 18.7 Å². The number of hydrogen-bond donors (Lipinski definition) is 2. The summed E-state index contributed by atoms with van der Waals surface area (Å²) in [5.41, 5.74) is 2.16. The van der Waals surface area contributed by atoms with E-state index in [1.807, 2.05) is 60.7 Å². The lowest BCUT2D eigenvalue weighted by Gasteiger charge is -2.20. The van der Waals surface area contributed by atoms with Gasteiger partial charge in [-0.2, -0.15) is 0 Å². The molecule has 1 heterocycles. The van der Waals surface area contributed by atoms with E-state index in [-0.39, 0.29) is 18.1 Å². The summed E-state index contributed by atoms with van der Waals surface area (Å²) in [6.07, 6.45) is 2.44. The van der Waals surface area contributed by atoms with Crippen molar-refractivity contribution in [3.63, 3.8) is 0 Å². The molecule has 1 unspecified atom stereocenters. The van der Waals surface area contributed by atoms with Gasteiger partial charge in [-0.15, -0.1) is 0 Å². The SMILES string of the molecule is O=C(CNCC1CCCO1)NC(c1ccccc1)c1ccccc1. The van der Waals surface area contributed by atoms with Crippen LogP contribution in [0.15, 0.2) is 60.7 Å². The van der Waals surface area contributed by atoms with Crippen LogP contribution in [0.25, 0.3) is 0 Å². The Labute approximate surface area is 143 Å². The molecule has 0 aliphatic carbocycles. The van der Waals surface area contributed by atoms with Crippen molar-refractivity contribution in [2.24, 2.45) is 0 Å². The van der Waals surface area contributed by atoms with Crippen LogP contribution in [-0.4, -0.2) is 31.7 Å². The highest BCUT2D eigenvalue weighted by Gasteiger charge is 2.18. The van der Waals surface area contributed by atoms with E-state index in [1.54, 1.807) is 0 Å². The summed E-state index contributed by atoms with van der Waals surface area (Å²) in [7, 11) is 0. The largest absolute Gasteiger partial charge is 0.377 e. The maximum atomic E-state index is 12.4. The zero-order chi connectivity index (χ0) is 16.6. The van der Waals surface area contributed by atoms with Crippen LogP contribution in [0.1, 0.15) is 30.0 Å². The summed E-state index contributed by atoms with van der Waals surface area (Å²) in [5.74, 6) is -0.00861. The minimum absolute atomic E-state index is 0.00861. The quantitative estimate of drug-likeness (QED) is 0.823. The van der Waals surface area contributed by atoms with Gasteiger partial charge in [0.2, 0.25) is 5.91 Å². The zero-order valence-corrected chi connectivity index (χ0v) is 13.8. The van der Waals surface area contributed by atoms with E-state index in [9.17, 15) is 4.79 Å². The van der Waals surface area contributed by atoms with Crippen molar-refractivity contribution in [2.75, 3.05) is 19.7 Å². The maximum Gasteiger partial charge on any atom is 0.234 e. The summed E-state index contributed by atoms with van der Waals surface area (Å²) < 4.78 is 5.56.